The smallest absolute Gasteiger partial charge is 0.416 e. The molecule has 0 aliphatic rings. The van der Waals surface area contributed by atoms with Crippen molar-refractivity contribution in [1.82, 2.24) is 9.97 Å². The van der Waals surface area contributed by atoms with Gasteiger partial charge in [-0.15, -0.1) is 0 Å². The Bertz CT molecular complexity index is 893. The van der Waals surface area contributed by atoms with Crippen molar-refractivity contribution in [2.75, 3.05) is 35.3 Å². The molecule has 12 heteroatoms. The standard InChI is InChI=1S/C19H26F3N7O2/c1-2-31-17-14(24)15(28-18(25)29-17)27-13(8-3-4-9-23)16(30)26-12-7-5-6-11(10-12)19(20,21)22/h5-7,10,13H,2-4,8-9,23-24H2,1H3,(H,26,30)(H3,25,27,28,29)/t13-/m1/s1. The summed E-state index contributed by atoms with van der Waals surface area (Å²) in [5.74, 6) is -0.519. The third-order valence-corrected chi connectivity index (χ3v) is 4.24. The fourth-order valence-corrected chi connectivity index (χ4v) is 2.75. The molecule has 1 atom stereocenters. The lowest BCUT2D eigenvalue weighted by Crippen LogP contribution is -2.35. The monoisotopic (exact) mass is 441 g/mol. The zero-order valence-electron chi connectivity index (χ0n) is 17.0. The molecule has 0 saturated heterocycles. The largest absolute Gasteiger partial charge is 0.476 e. The summed E-state index contributed by atoms with van der Waals surface area (Å²) in [5, 5.41) is 5.40. The van der Waals surface area contributed by atoms with Crippen LogP contribution in [0.3, 0.4) is 0 Å². The first-order valence-electron chi connectivity index (χ1n) is 9.66. The van der Waals surface area contributed by atoms with Crippen molar-refractivity contribution in [1.29, 1.82) is 0 Å². The van der Waals surface area contributed by atoms with Crippen LogP contribution in [0.1, 0.15) is 31.7 Å². The van der Waals surface area contributed by atoms with Crippen molar-refractivity contribution in [2.24, 2.45) is 5.73 Å². The summed E-state index contributed by atoms with van der Waals surface area (Å²) in [7, 11) is 0. The maximum atomic E-state index is 13.0. The summed E-state index contributed by atoms with van der Waals surface area (Å²) in [6.07, 6.45) is -2.96. The van der Waals surface area contributed by atoms with Gasteiger partial charge in [0.2, 0.25) is 17.7 Å². The lowest BCUT2D eigenvalue weighted by atomic mass is 10.1. The fraction of sp³-hybridized carbons (Fsp3) is 0.421. The number of nitrogen functional groups attached to an aromatic ring is 2. The minimum absolute atomic E-state index is 0.00984. The molecule has 1 amide bonds. The molecule has 2 rings (SSSR count). The van der Waals surface area contributed by atoms with Crippen LogP contribution in [0.2, 0.25) is 0 Å². The molecule has 9 nitrogen and oxygen atoms in total. The molecule has 0 fully saturated rings. The molecule has 1 aromatic heterocycles. The van der Waals surface area contributed by atoms with Gasteiger partial charge in [-0.3, -0.25) is 4.79 Å². The van der Waals surface area contributed by atoms with Gasteiger partial charge in [0.1, 0.15) is 11.7 Å². The van der Waals surface area contributed by atoms with Gasteiger partial charge in [-0.2, -0.15) is 23.1 Å². The van der Waals surface area contributed by atoms with E-state index in [2.05, 4.69) is 20.6 Å². The molecule has 8 N–H and O–H groups in total. The zero-order valence-corrected chi connectivity index (χ0v) is 17.0. The Kier molecular flexibility index (Phi) is 8.25. The van der Waals surface area contributed by atoms with E-state index in [9.17, 15) is 18.0 Å². The molecule has 170 valence electrons. The molecule has 0 unspecified atom stereocenters. The molecule has 2 aromatic rings. The van der Waals surface area contributed by atoms with E-state index in [0.717, 1.165) is 12.1 Å². The number of anilines is 4. The Morgan fingerprint density at radius 2 is 1.97 bits per heavy atom. The number of nitrogens with one attached hydrogen (secondary N) is 2. The van der Waals surface area contributed by atoms with Crippen LogP contribution in [0.15, 0.2) is 24.3 Å². The summed E-state index contributed by atoms with van der Waals surface area (Å²) in [4.78, 5) is 20.8. The van der Waals surface area contributed by atoms with E-state index in [4.69, 9.17) is 21.9 Å². The number of hydrogen-bond donors (Lipinski definition) is 5. The highest BCUT2D eigenvalue weighted by atomic mass is 19.4. The Labute approximate surface area is 177 Å². The Morgan fingerprint density at radius 1 is 1.23 bits per heavy atom. The molecule has 0 aliphatic carbocycles. The lowest BCUT2D eigenvalue weighted by Gasteiger charge is -2.21. The molecule has 31 heavy (non-hydrogen) atoms. The number of halogens is 3. The number of carbonyl (C=O) groups excluding carboxylic acids is 1. The van der Waals surface area contributed by atoms with E-state index in [1.54, 1.807) is 6.92 Å². The first-order valence-corrected chi connectivity index (χ1v) is 9.66. The molecule has 1 heterocycles. The number of unbranched alkanes of at least 4 members (excludes halogenated alkanes) is 1. The maximum absolute atomic E-state index is 13.0. The van der Waals surface area contributed by atoms with Crippen LogP contribution in [0.5, 0.6) is 5.88 Å². The van der Waals surface area contributed by atoms with E-state index >= 15 is 0 Å². The van der Waals surface area contributed by atoms with Crippen LogP contribution < -0.4 is 32.6 Å². The predicted molar refractivity (Wildman–Crippen MR) is 112 cm³/mol. The van der Waals surface area contributed by atoms with E-state index in [1.807, 2.05) is 0 Å². The minimum atomic E-state index is -4.53. The van der Waals surface area contributed by atoms with Crippen molar-refractivity contribution in [3.05, 3.63) is 29.8 Å². The van der Waals surface area contributed by atoms with E-state index in [1.165, 1.54) is 12.1 Å². The molecular weight excluding hydrogens is 415 g/mol. The SMILES string of the molecule is CCOc1nc(N)nc(N[C@H](CCCCN)C(=O)Nc2cccc(C(F)(F)F)c2)c1N. The van der Waals surface area contributed by atoms with Crippen molar-refractivity contribution < 1.29 is 22.7 Å². The van der Waals surface area contributed by atoms with Gasteiger partial charge < -0.3 is 32.6 Å². The van der Waals surface area contributed by atoms with Gasteiger partial charge in [0, 0.05) is 5.69 Å². The number of hydrogen-bond acceptors (Lipinski definition) is 8. The molecule has 0 spiro atoms. The minimum Gasteiger partial charge on any atom is -0.476 e. The first-order chi connectivity index (χ1) is 14.7. The van der Waals surface area contributed by atoms with Crippen LogP contribution in [0.4, 0.5) is 36.3 Å². The summed E-state index contributed by atoms with van der Waals surface area (Å²) < 4.78 is 44.2. The third kappa shape index (κ3) is 6.88. The zero-order chi connectivity index (χ0) is 23.0. The predicted octanol–water partition coefficient (Wildman–Crippen LogP) is 2.61. The van der Waals surface area contributed by atoms with Gasteiger partial charge in [-0.05, 0) is 50.9 Å². The summed E-state index contributed by atoms with van der Waals surface area (Å²) in [5.41, 5.74) is 16.4. The van der Waals surface area contributed by atoms with Crippen LogP contribution in [0.25, 0.3) is 0 Å². The van der Waals surface area contributed by atoms with Crippen molar-refractivity contribution in [3.8, 4) is 5.88 Å². The normalized spacial score (nSPS) is 12.3. The Hall–Kier alpha value is -3.28. The highest BCUT2D eigenvalue weighted by molar-refractivity contribution is 5.97. The second-order valence-electron chi connectivity index (χ2n) is 6.63. The van der Waals surface area contributed by atoms with Gasteiger partial charge in [-0.1, -0.05) is 6.07 Å². The highest BCUT2D eigenvalue weighted by Gasteiger charge is 2.31. The number of nitrogens with zero attached hydrogens (tertiary/aromatic N) is 2. The van der Waals surface area contributed by atoms with Crippen molar-refractivity contribution >= 4 is 29.0 Å². The molecular formula is C19H26F3N7O2. The summed E-state index contributed by atoms with van der Waals surface area (Å²) in [6.45, 7) is 2.46. The molecule has 0 bridgehead atoms. The first kappa shape index (κ1) is 24.0. The van der Waals surface area contributed by atoms with E-state index in [-0.39, 0.29) is 35.6 Å². The number of alkyl halides is 3. The highest BCUT2D eigenvalue weighted by Crippen LogP contribution is 2.31. The number of carbonyl (C=O) groups is 1. The molecule has 0 saturated carbocycles. The second kappa shape index (κ2) is 10.7. The van der Waals surface area contributed by atoms with Crippen molar-refractivity contribution in [2.45, 2.75) is 38.4 Å². The van der Waals surface area contributed by atoms with Gasteiger partial charge in [0.05, 0.1) is 12.2 Å². The molecule has 1 aromatic carbocycles. The Balaban J connectivity index is 2.25. The Morgan fingerprint density at radius 3 is 2.61 bits per heavy atom. The second-order valence-corrected chi connectivity index (χ2v) is 6.63. The quantitative estimate of drug-likeness (QED) is 0.353. The van der Waals surface area contributed by atoms with Gasteiger partial charge in [0.25, 0.3) is 0 Å². The number of aromatic nitrogens is 2. The van der Waals surface area contributed by atoms with Crippen LogP contribution in [-0.2, 0) is 11.0 Å². The number of nitrogens with two attached hydrogens (primary N) is 3. The number of rotatable bonds is 10. The van der Waals surface area contributed by atoms with Gasteiger partial charge in [-0.25, -0.2) is 0 Å². The summed E-state index contributed by atoms with van der Waals surface area (Å²) in [6, 6.07) is 3.50. The summed E-state index contributed by atoms with van der Waals surface area (Å²) >= 11 is 0. The molecule has 0 radical (unpaired) electrons. The third-order valence-electron chi connectivity index (χ3n) is 4.24. The van der Waals surface area contributed by atoms with E-state index < -0.39 is 23.7 Å². The average Bonchev–Trinajstić information content (AvgIpc) is 2.70. The van der Waals surface area contributed by atoms with Crippen LogP contribution in [-0.4, -0.2) is 35.1 Å². The lowest BCUT2D eigenvalue weighted by molar-refractivity contribution is -0.137. The number of amides is 1. The number of benzene rings is 1. The van der Waals surface area contributed by atoms with Crippen LogP contribution >= 0.6 is 0 Å². The maximum Gasteiger partial charge on any atom is 0.416 e. The fourth-order valence-electron chi connectivity index (χ4n) is 2.75. The number of ether oxygens (including phenoxy) is 1. The average molecular weight is 441 g/mol. The van der Waals surface area contributed by atoms with Crippen molar-refractivity contribution in [3.63, 3.8) is 0 Å². The van der Waals surface area contributed by atoms with Gasteiger partial charge >= 0.3 is 6.18 Å². The topological polar surface area (TPSA) is 154 Å². The van der Waals surface area contributed by atoms with E-state index in [0.29, 0.717) is 25.8 Å². The molecule has 0 aliphatic heterocycles. The van der Waals surface area contributed by atoms with Gasteiger partial charge in [0.15, 0.2) is 5.82 Å². The van der Waals surface area contributed by atoms with Crippen LogP contribution in [0, 0.1) is 0 Å².